The molecule has 0 bridgehead atoms. The van der Waals surface area contributed by atoms with E-state index < -0.39 is 6.67 Å². The highest BCUT2D eigenvalue weighted by Gasteiger charge is 2.04. The van der Waals surface area contributed by atoms with Crippen LogP contribution in [0.15, 0.2) is 9.22 Å². The van der Waals surface area contributed by atoms with Crippen LogP contribution >= 0.6 is 15.9 Å². The maximum absolute atomic E-state index is 11.8. The predicted octanol–water partition coefficient (Wildman–Crippen LogP) is 2.22. The minimum atomic E-state index is -0.593. The first-order chi connectivity index (χ1) is 4.24. The summed E-state index contributed by atoms with van der Waals surface area (Å²) in [5.74, 6) is 0.293. The minimum Gasteiger partial charge on any atom is -0.433 e. The van der Waals surface area contributed by atoms with E-state index in [-0.39, 0.29) is 0 Å². The number of hydrogen-bond acceptors (Lipinski definition) is 2. The molecule has 0 saturated carbocycles. The molecule has 9 heavy (non-hydrogen) atoms. The van der Waals surface area contributed by atoms with Crippen molar-refractivity contribution in [3.8, 4) is 0 Å². The van der Waals surface area contributed by atoms with Crippen molar-refractivity contribution in [3.05, 3.63) is 16.3 Å². The van der Waals surface area contributed by atoms with Crippen molar-refractivity contribution < 1.29 is 8.81 Å². The molecule has 0 aliphatic carbocycles. The van der Waals surface area contributed by atoms with E-state index in [2.05, 4.69) is 20.9 Å². The molecule has 1 rings (SSSR count). The van der Waals surface area contributed by atoms with Gasteiger partial charge in [-0.2, -0.15) is 0 Å². The van der Waals surface area contributed by atoms with Crippen molar-refractivity contribution in [1.82, 2.24) is 4.98 Å². The normalized spacial score (nSPS) is 10.1. The zero-order chi connectivity index (χ0) is 6.85. The lowest BCUT2D eigenvalue weighted by molar-refractivity contribution is 0.381. The molecule has 1 aromatic heterocycles. The van der Waals surface area contributed by atoms with Gasteiger partial charge in [-0.25, -0.2) is 9.37 Å². The fourth-order valence-electron chi connectivity index (χ4n) is 0.517. The van der Waals surface area contributed by atoms with Crippen LogP contribution in [0, 0.1) is 6.92 Å². The Labute approximate surface area is 60.2 Å². The van der Waals surface area contributed by atoms with Crippen LogP contribution < -0.4 is 0 Å². The standard InChI is InChI=1S/C5H5BrFNO/c1-3-4(2-7)9-5(6)8-3/h2H2,1H3. The molecule has 1 aromatic rings. The van der Waals surface area contributed by atoms with Crippen LogP contribution in [-0.4, -0.2) is 4.98 Å². The average Bonchev–Trinajstić information content (AvgIpc) is 2.10. The smallest absolute Gasteiger partial charge is 0.264 e. The quantitative estimate of drug-likeness (QED) is 0.684. The van der Waals surface area contributed by atoms with E-state index in [9.17, 15) is 4.39 Å². The van der Waals surface area contributed by atoms with Gasteiger partial charge in [0.2, 0.25) is 0 Å². The summed E-state index contributed by atoms with van der Waals surface area (Å²) < 4.78 is 16.6. The molecule has 50 valence electrons. The molecule has 4 heteroatoms. The van der Waals surface area contributed by atoms with E-state index in [4.69, 9.17) is 4.42 Å². The molecule has 2 nitrogen and oxygen atoms in total. The van der Waals surface area contributed by atoms with E-state index in [0.29, 0.717) is 16.3 Å². The molecular weight excluding hydrogens is 189 g/mol. The van der Waals surface area contributed by atoms with E-state index >= 15 is 0 Å². The van der Waals surface area contributed by atoms with Gasteiger partial charge < -0.3 is 4.42 Å². The van der Waals surface area contributed by atoms with E-state index in [0.717, 1.165) is 0 Å². The summed E-state index contributed by atoms with van der Waals surface area (Å²) in [7, 11) is 0. The highest BCUT2D eigenvalue weighted by Crippen LogP contribution is 2.15. The van der Waals surface area contributed by atoms with Crippen molar-refractivity contribution in [1.29, 1.82) is 0 Å². The molecule has 0 unspecified atom stereocenters. The molecule has 0 atom stereocenters. The molecule has 0 aliphatic heterocycles. The van der Waals surface area contributed by atoms with E-state index in [1.54, 1.807) is 6.92 Å². The Morgan fingerprint density at radius 3 is 2.67 bits per heavy atom. The Morgan fingerprint density at radius 1 is 1.78 bits per heavy atom. The minimum absolute atomic E-state index is 0.293. The van der Waals surface area contributed by atoms with Gasteiger partial charge in [0.25, 0.3) is 4.80 Å². The van der Waals surface area contributed by atoms with Crippen LogP contribution in [0.2, 0.25) is 0 Å². The van der Waals surface area contributed by atoms with Crippen molar-refractivity contribution >= 4 is 15.9 Å². The lowest BCUT2D eigenvalue weighted by atomic mass is 10.4. The molecule has 0 aliphatic rings. The highest BCUT2D eigenvalue weighted by atomic mass is 79.9. The topological polar surface area (TPSA) is 26.0 Å². The fourth-order valence-corrected chi connectivity index (χ4v) is 0.978. The van der Waals surface area contributed by atoms with Gasteiger partial charge in [-0.15, -0.1) is 0 Å². The molecule has 0 saturated heterocycles. The molecule has 0 amide bonds. The third kappa shape index (κ3) is 1.30. The Hall–Kier alpha value is -0.380. The second-order valence-corrected chi connectivity index (χ2v) is 2.29. The zero-order valence-corrected chi connectivity index (χ0v) is 6.40. The Kier molecular flexibility index (Phi) is 1.85. The third-order valence-corrected chi connectivity index (χ3v) is 1.33. The van der Waals surface area contributed by atoms with Crippen LogP contribution in [0.25, 0.3) is 0 Å². The van der Waals surface area contributed by atoms with Crippen LogP contribution in [0.3, 0.4) is 0 Å². The van der Waals surface area contributed by atoms with Gasteiger partial charge in [0.1, 0.15) is 6.67 Å². The number of rotatable bonds is 1. The van der Waals surface area contributed by atoms with Crippen LogP contribution in [0.1, 0.15) is 11.5 Å². The summed E-state index contributed by atoms with van der Waals surface area (Å²) >= 11 is 2.98. The number of nitrogens with zero attached hydrogens (tertiary/aromatic N) is 1. The second-order valence-electron chi connectivity index (χ2n) is 1.61. The van der Waals surface area contributed by atoms with E-state index in [1.807, 2.05) is 0 Å². The van der Waals surface area contributed by atoms with E-state index in [1.165, 1.54) is 0 Å². The number of alkyl halides is 1. The fraction of sp³-hybridized carbons (Fsp3) is 0.400. The maximum atomic E-state index is 11.8. The lowest BCUT2D eigenvalue weighted by Crippen LogP contribution is -1.76. The first-order valence-corrected chi connectivity index (χ1v) is 3.21. The maximum Gasteiger partial charge on any atom is 0.264 e. The molecule has 0 spiro atoms. The summed E-state index contributed by atoms with van der Waals surface area (Å²) in [6.45, 7) is 1.10. The van der Waals surface area contributed by atoms with Crippen LogP contribution in [-0.2, 0) is 6.67 Å². The first kappa shape index (κ1) is 6.74. The van der Waals surface area contributed by atoms with Gasteiger partial charge in [0.05, 0.1) is 5.69 Å². The molecule has 1 heterocycles. The molecule has 0 aromatic carbocycles. The van der Waals surface area contributed by atoms with Crippen molar-refractivity contribution in [2.24, 2.45) is 0 Å². The van der Waals surface area contributed by atoms with Crippen molar-refractivity contribution in [2.45, 2.75) is 13.6 Å². The summed E-state index contributed by atoms with van der Waals surface area (Å²) in [5.41, 5.74) is 0.601. The number of oxazole rings is 1. The number of hydrogen-bond donors (Lipinski definition) is 0. The number of halogens is 2. The van der Waals surface area contributed by atoms with Gasteiger partial charge in [0, 0.05) is 15.9 Å². The van der Waals surface area contributed by atoms with Crippen molar-refractivity contribution in [3.63, 3.8) is 0 Å². The third-order valence-electron chi connectivity index (χ3n) is 0.988. The monoisotopic (exact) mass is 193 g/mol. The summed E-state index contributed by atoms with van der Waals surface area (Å²) in [6, 6.07) is 0. The first-order valence-electron chi connectivity index (χ1n) is 2.42. The van der Waals surface area contributed by atoms with Gasteiger partial charge in [-0.3, -0.25) is 0 Å². The largest absolute Gasteiger partial charge is 0.433 e. The lowest BCUT2D eigenvalue weighted by Gasteiger charge is -1.82. The summed E-state index contributed by atoms with van der Waals surface area (Å²) in [5, 5.41) is 0. The number of aryl methyl sites for hydroxylation is 1. The summed E-state index contributed by atoms with van der Waals surface area (Å²) in [6.07, 6.45) is 0. The van der Waals surface area contributed by atoms with Crippen molar-refractivity contribution in [2.75, 3.05) is 0 Å². The number of aromatic nitrogens is 1. The Bertz CT molecular complexity index is 211. The Balaban J connectivity index is 3.01. The molecule has 0 N–H and O–H groups in total. The molecular formula is C5H5BrFNO. The molecule has 0 radical (unpaired) electrons. The predicted molar refractivity (Wildman–Crippen MR) is 33.8 cm³/mol. The zero-order valence-electron chi connectivity index (χ0n) is 4.82. The van der Waals surface area contributed by atoms with Crippen LogP contribution in [0.5, 0.6) is 0 Å². The van der Waals surface area contributed by atoms with Crippen LogP contribution in [0.4, 0.5) is 4.39 Å². The Morgan fingerprint density at radius 2 is 2.44 bits per heavy atom. The van der Waals surface area contributed by atoms with Gasteiger partial charge in [0.15, 0.2) is 5.76 Å². The van der Waals surface area contributed by atoms with Gasteiger partial charge in [-0.05, 0) is 6.92 Å². The van der Waals surface area contributed by atoms with Gasteiger partial charge in [-0.1, -0.05) is 0 Å². The molecule has 0 fully saturated rings. The highest BCUT2D eigenvalue weighted by molar-refractivity contribution is 9.10. The summed E-state index contributed by atoms with van der Waals surface area (Å²) in [4.78, 5) is 4.13. The average molecular weight is 194 g/mol. The van der Waals surface area contributed by atoms with Gasteiger partial charge >= 0.3 is 0 Å². The SMILES string of the molecule is Cc1nc(Br)oc1CF. The second kappa shape index (κ2) is 2.47.